The number of rotatable bonds is 4. The molecule has 0 aliphatic carbocycles. The molecule has 0 bridgehead atoms. The van der Waals surface area contributed by atoms with E-state index in [2.05, 4.69) is 20.9 Å². The van der Waals surface area contributed by atoms with Crippen LogP contribution < -0.4 is 16.0 Å². The SMILES string of the molecule is CCNC(=NCCC(F)(F)F)N1CCC(C2(C)NC(=O)NC2=O)CC1.I. The molecule has 3 amide bonds. The number of carbonyl (C=O) groups is 2. The van der Waals surface area contributed by atoms with E-state index < -0.39 is 24.2 Å². The number of imide groups is 1. The number of hydrogen-bond acceptors (Lipinski definition) is 3. The van der Waals surface area contributed by atoms with E-state index in [9.17, 15) is 22.8 Å². The molecule has 0 aromatic heterocycles. The van der Waals surface area contributed by atoms with Crippen LogP contribution in [-0.4, -0.2) is 60.7 Å². The van der Waals surface area contributed by atoms with Crippen molar-refractivity contribution in [2.75, 3.05) is 26.2 Å². The third-order valence-corrected chi connectivity index (χ3v) is 4.67. The Labute approximate surface area is 167 Å². The van der Waals surface area contributed by atoms with E-state index in [-0.39, 0.29) is 42.3 Å². The Hall–Kier alpha value is -1.27. The van der Waals surface area contributed by atoms with Crippen molar-refractivity contribution in [2.24, 2.45) is 10.9 Å². The molecular weight excluding hydrogens is 466 g/mol. The van der Waals surface area contributed by atoms with Crippen LogP contribution >= 0.6 is 24.0 Å². The van der Waals surface area contributed by atoms with Crippen molar-refractivity contribution in [2.45, 2.75) is 44.8 Å². The largest absolute Gasteiger partial charge is 0.390 e. The van der Waals surface area contributed by atoms with Gasteiger partial charge in [0.05, 0.1) is 13.0 Å². The van der Waals surface area contributed by atoms with Gasteiger partial charge in [0.25, 0.3) is 5.91 Å². The summed E-state index contributed by atoms with van der Waals surface area (Å²) in [5.41, 5.74) is -0.936. The average Bonchev–Trinajstić information content (AvgIpc) is 2.79. The second-order valence-electron chi connectivity index (χ2n) is 6.47. The zero-order valence-electron chi connectivity index (χ0n) is 14.8. The van der Waals surface area contributed by atoms with Crippen molar-refractivity contribution in [3.8, 4) is 0 Å². The highest BCUT2D eigenvalue weighted by molar-refractivity contribution is 14.0. The van der Waals surface area contributed by atoms with Crippen LogP contribution in [0.15, 0.2) is 4.99 Å². The number of amides is 3. The summed E-state index contributed by atoms with van der Waals surface area (Å²) in [5.74, 6) is 0.0882. The molecule has 2 fully saturated rings. The van der Waals surface area contributed by atoms with Crippen LogP contribution in [0.25, 0.3) is 0 Å². The molecule has 2 aliphatic heterocycles. The van der Waals surface area contributed by atoms with Gasteiger partial charge in [0.2, 0.25) is 0 Å². The van der Waals surface area contributed by atoms with E-state index in [1.54, 1.807) is 6.92 Å². The predicted molar refractivity (Wildman–Crippen MR) is 101 cm³/mol. The number of hydrogen-bond donors (Lipinski definition) is 3. The van der Waals surface area contributed by atoms with E-state index in [1.165, 1.54) is 0 Å². The first-order chi connectivity index (χ1) is 11.7. The molecule has 2 heterocycles. The van der Waals surface area contributed by atoms with Crippen LogP contribution in [0.2, 0.25) is 0 Å². The fourth-order valence-corrected chi connectivity index (χ4v) is 3.23. The summed E-state index contributed by atoms with van der Waals surface area (Å²) < 4.78 is 36.9. The van der Waals surface area contributed by atoms with Crippen LogP contribution in [0.1, 0.15) is 33.1 Å². The second-order valence-corrected chi connectivity index (χ2v) is 6.47. The Balaban J connectivity index is 0.00000338. The lowest BCUT2D eigenvalue weighted by molar-refractivity contribution is -0.132. The van der Waals surface area contributed by atoms with Gasteiger partial charge < -0.3 is 15.5 Å². The van der Waals surface area contributed by atoms with E-state index in [1.807, 2.05) is 11.8 Å². The smallest absolute Gasteiger partial charge is 0.357 e. The van der Waals surface area contributed by atoms with Gasteiger partial charge in [-0.15, -0.1) is 24.0 Å². The number of nitrogens with zero attached hydrogens (tertiary/aromatic N) is 2. The molecule has 0 spiro atoms. The summed E-state index contributed by atoms with van der Waals surface area (Å²) in [6.07, 6.45) is -3.92. The highest BCUT2D eigenvalue weighted by Crippen LogP contribution is 2.30. The first-order valence-corrected chi connectivity index (χ1v) is 8.39. The summed E-state index contributed by atoms with van der Waals surface area (Å²) in [5, 5.41) is 7.94. The van der Waals surface area contributed by atoms with Crippen molar-refractivity contribution < 1.29 is 22.8 Å². The molecule has 2 saturated heterocycles. The summed E-state index contributed by atoms with van der Waals surface area (Å²) in [6.45, 7) is 4.91. The predicted octanol–water partition coefficient (Wildman–Crippen LogP) is 1.83. The normalized spacial score (nSPS) is 24.8. The van der Waals surface area contributed by atoms with Gasteiger partial charge in [-0.05, 0) is 32.6 Å². The molecule has 1 unspecified atom stereocenters. The fraction of sp³-hybridized carbons (Fsp3) is 0.800. The fourth-order valence-electron chi connectivity index (χ4n) is 3.23. The number of halogens is 4. The van der Waals surface area contributed by atoms with Crippen molar-refractivity contribution in [3.63, 3.8) is 0 Å². The molecule has 0 saturated carbocycles. The lowest BCUT2D eigenvalue weighted by Gasteiger charge is -2.39. The molecule has 0 aromatic carbocycles. The number of urea groups is 1. The summed E-state index contributed by atoms with van der Waals surface area (Å²) in [7, 11) is 0. The van der Waals surface area contributed by atoms with E-state index in [0.717, 1.165) is 0 Å². The number of carbonyl (C=O) groups excluding carboxylic acids is 2. The molecule has 2 aliphatic rings. The number of alkyl halides is 3. The van der Waals surface area contributed by atoms with Gasteiger partial charge in [-0.1, -0.05) is 0 Å². The number of guanidine groups is 1. The Kier molecular flexibility index (Phi) is 7.96. The van der Waals surface area contributed by atoms with Crippen LogP contribution in [0.3, 0.4) is 0 Å². The molecule has 7 nitrogen and oxygen atoms in total. The van der Waals surface area contributed by atoms with Crippen LogP contribution in [-0.2, 0) is 4.79 Å². The lowest BCUT2D eigenvalue weighted by Crippen LogP contribution is -2.55. The maximum atomic E-state index is 12.3. The van der Waals surface area contributed by atoms with Gasteiger partial charge >= 0.3 is 12.2 Å². The minimum atomic E-state index is -4.23. The topological polar surface area (TPSA) is 85.8 Å². The molecule has 150 valence electrons. The standard InChI is InChI=1S/C15H24F3N5O2.HI/c1-3-19-12(20-7-6-15(16,17)18)23-8-4-10(5-9-23)14(2)11(24)21-13(25)22-14;/h10H,3-9H2,1-2H3,(H,19,20)(H2,21,22,24,25);1H. The van der Waals surface area contributed by atoms with E-state index in [4.69, 9.17) is 0 Å². The van der Waals surface area contributed by atoms with Gasteiger partial charge in [-0.25, -0.2) is 4.79 Å². The quantitative estimate of drug-likeness (QED) is 0.243. The van der Waals surface area contributed by atoms with Crippen LogP contribution in [0.4, 0.5) is 18.0 Å². The second kappa shape index (κ2) is 9.09. The Bertz CT molecular complexity index is 550. The number of likely N-dealkylation sites (tertiary alicyclic amines) is 1. The van der Waals surface area contributed by atoms with Gasteiger partial charge in [0.15, 0.2) is 5.96 Å². The maximum absolute atomic E-state index is 12.3. The van der Waals surface area contributed by atoms with E-state index in [0.29, 0.717) is 38.4 Å². The van der Waals surface area contributed by atoms with Gasteiger partial charge in [0.1, 0.15) is 5.54 Å². The summed E-state index contributed by atoms with van der Waals surface area (Å²) >= 11 is 0. The van der Waals surface area contributed by atoms with Crippen molar-refractivity contribution in [3.05, 3.63) is 0 Å². The lowest BCUT2D eigenvalue weighted by atomic mass is 9.79. The minimum absolute atomic E-state index is 0. The molecule has 3 N–H and O–H groups in total. The molecule has 0 aromatic rings. The Morgan fingerprint density at radius 3 is 2.42 bits per heavy atom. The number of piperidine rings is 1. The Morgan fingerprint density at radius 1 is 1.35 bits per heavy atom. The summed E-state index contributed by atoms with van der Waals surface area (Å²) in [6, 6.07) is -0.489. The number of nitrogens with one attached hydrogen (secondary N) is 3. The Morgan fingerprint density at radius 2 is 1.96 bits per heavy atom. The zero-order chi connectivity index (χ0) is 18.7. The van der Waals surface area contributed by atoms with Crippen molar-refractivity contribution in [1.29, 1.82) is 0 Å². The highest BCUT2D eigenvalue weighted by atomic mass is 127. The third-order valence-electron chi connectivity index (χ3n) is 4.67. The van der Waals surface area contributed by atoms with E-state index >= 15 is 0 Å². The molecule has 11 heteroatoms. The highest BCUT2D eigenvalue weighted by Gasteiger charge is 2.48. The van der Waals surface area contributed by atoms with Gasteiger partial charge in [-0.3, -0.25) is 15.1 Å². The molecule has 1 atom stereocenters. The minimum Gasteiger partial charge on any atom is -0.357 e. The van der Waals surface area contributed by atoms with Gasteiger partial charge in [-0.2, -0.15) is 13.2 Å². The average molecular weight is 491 g/mol. The van der Waals surface area contributed by atoms with Gasteiger partial charge in [0, 0.05) is 19.6 Å². The zero-order valence-corrected chi connectivity index (χ0v) is 17.1. The first-order valence-electron chi connectivity index (χ1n) is 8.39. The van der Waals surface area contributed by atoms with Crippen molar-refractivity contribution >= 4 is 41.9 Å². The molecule has 2 rings (SSSR count). The monoisotopic (exact) mass is 491 g/mol. The summed E-state index contributed by atoms with van der Waals surface area (Å²) in [4.78, 5) is 29.4. The van der Waals surface area contributed by atoms with Crippen molar-refractivity contribution in [1.82, 2.24) is 20.9 Å². The first kappa shape index (κ1) is 22.8. The molecular formula is C15H25F3IN5O2. The third kappa shape index (κ3) is 5.61. The van der Waals surface area contributed by atoms with Crippen LogP contribution in [0.5, 0.6) is 0 Å². The van der Waals surface area contributed by atoms with Crippen LogP contribution in [0, 0.1) is 5.92 Å². The number of aliphatic imine (C=N–C) groups is 1. The molecule has 26 heavy (non-hydrogen) atoms. The molecule has 0 radical (unpaired) electrons. The maximum Gasteiger partial charge on any atom is 0.390 e.